The fraction of sp³-hybridized carbons (Fsp3) is 0.667. The van der Waals surface area contributed by atoms with E-state index < -0.39 is 5.97 Å². The second-order valence-corrected chi connectivity index (χ2v) is 3.65. The summed E-state index contributed by atoms with van der Waals surface area (Å²) in [6.07, 6.45) is 4.75. The van der Waals surface area contributed by atoms with E-state index in [1.165, 1.54) is 0 Å². The van der Waals surface area contributed by atoms with Gasteiger partial charge in [-0.05, 0) is 19.3 Å². The number of aliphatic carboxylic acids is 1. The molecule has 1 unspecified atom stereocenters. The van der Waals surface area contributed by atoms with Crippen molar-refractivity contribution in [3.05, 3.63) is 12.2 Å². The van der Waals surface area contributed by atoms with Crippen LogP contribution in [0.2, 0.25) is 0 Å². The number of aromatic nitrogens is 3. The minimum Gasteiger partial charge on any atom is -0.481 e. The molecule has 1 aliphatic heterocycles. The zero-order valence-electron chi connectivity index (χ0n) is 7.89. The molecule has 1 aromatic heterocycles. The number of carboxylic acid groups (broad SMARTS) is 1. The van der Waals surface area contributed by atoms with Crippen LogP contribution in [0, 0.1) is 0 Å². The van der Waals surface area contributed by atoms with Crippen molar-refractivity contribution in [1.82, 2.24) is 14.8 Å². The first-order valence-corrected chi connectivity index (χ1v) is 4.87. The number of carboxylic acids is 1. The van der Waals surface area contributed by atoms with Crippen molar-refractivity contribution in [2.45, 2.75) is 38.1 Å². The largest absolute Gasteiger partial charge is 0.481 e. The van der Waals surface area contributed by atoms with E-state index in [0.29, 0.717) is 6.42 Å². The maximum atomic E-state index is 10.4. The molecule has 5 nitrogen and oxygen atoms in total. The maximum Gasteiger partial charge on any atom is 0.303 e. The lowest BCUT2D eigenvalue weighted by Crippen LogP contribution is -2.16. The fourth-order valence-electron chi connectivity index (χ4n) is 1.96. The molecule has 0 bridgehead atoms. The summed E-state index contributed by atoms with van der Waals surface area (Å²) < 4.78 is 2.02. The molecule has 76 valence electrons. The van der Waals surface area contributed by atoms with E-state index in [0.717, 1.165) is 25.2 Å². The van der Waals surface area contributed by atoms with Crippen LogP contribution in [0.15, 0.2) is 6.33 Å². The summed E-state index contributed by atoms with van der Waals surface area (Å²) in [5.74, 6) is 0.501. The average molecular weight is 195 g/mol. The molecule has 2 heterocycles. The van der Waals surface area contributed by atoms with Crippen molar-refractivity contribution in [3.8, 4) is 0 Å². The molecule has 0 saturated carbocycles. The molecule has 1 aromatic rings. The van der Waals surface area contributed by atoms with Gasteiger partial charge in [0, 0.05) is 18.9 Å². The smallest absolute Gasteiger partial charge is 0.303 e. The number of hydrogen-bond donors (Lipinski definition) is 1. The van der Waals surface area contributed by atoms with Crippen LogP contribution in [0.3, 0.4) is 0 Å². The van der Waals surface area contributed by atoms with E-state index in [-0.39, 0.29) is 12.3 Å². The minimum absolute atomic E-state index is 0.220. The Morgan fingerprint density at radius 2 is 2.57 bits per heavy atom. The first-order chi connectivity index (χ1) is 6.77. The van der Waals surface area contributed by atoms with Crippen molar-refractivity contribution < 1.29 is 9.90 Å². The zero-order valence-corrected chi connectivity index (χ0v) is 7.89. The maximum absolute atomic E-state index is 10.4. The van der Waals surface area contributed by atoms with Gasteiger partial charge in [0.2, 0.25) is 0 Å². The number of carbonyl (C=O) groups is 1. The van der Waals surface area contributed by atoms with Crippen molar-refractivity contribution in [2.24, 2.45) is 0 Å². The molecule has 0 radical (unpaired) electrons. The Labute approximate surface area is 81.8 Å². The van der Waals surface area contributed by atoms with Gasteiger partial charge in [-0.25, -0.2) is 0 Å². The van der Waals surface area contributed by atoms with Gasteiger partial charge >= 0.3 is 5.97 Å². The van der Waals surface area contributed by atoms with E-state index >= 15 is 0 Å². The molecular weight excluding hydrogens is 182 g/mol. The summed E-state index contributed by atoms with van der Waals surface area (Å²) in [5.41, 5.74) is 0. The lowest BCUT2D eigenvalue weighted by molar-refractivity contribution is -0.137. The second-order valence-electron chi connectivity index (χ2n) is 3.65. The fourth-order valence-corrected chi connectivity index (χ4v) is 1.96. The number of aryl methyl sites for hydroxylation is 1. The third-order valence-electron chi connectivity index (χ3n) is 2.67. The quantitative estimate of drug-likeness (QED) is 0.781. The minimum atomic E-state index is -0.735. The van der Waals surface area contributed by atoms with Gasteiger partial charge in [0.05, 0.1) is 0 Å². The van der Waals surface area contributed by atoms with Gasteiger partial charge in [0.15, 0.2) is 0 Å². The molecule has 1 aliphatic rings. The van der Waals surface area contributed by atoms with Gasteiger partial charge < -0.3 is 9.67 Å². The Bertz CT molecular complexity index is 335. The Hall–Kier alpha value is -1.39. The third kappa shape index (κ3) is 1.76. The molecule has 0 amide bonds. The van der Waals surface area contributed by atoms with Crippen LogP contribution in [-0.4, -0.2) is 25.8 Å². The zero-order chi connectivity index (χ0) is 9.97. The Kier molecular flexibility index (Phi) is 2.47. The Balaban J connectivity index is 2.05. The lowest BCUT2D eigenvalue weighted by atomic mass is 9.94. The standard InChI is InChI=1S/C9H13N3O2/c13-8(14)4-3-7-2-1-5-12-6-10-11-9(7)12/h6-7H,1-5H2,(H,13,14). The Morgan fingerprint density at radius 1 is 1.71 bits per heavy atom. The molecule has 0 aliphatic carbocycles. The van der Waals surface area contributed by atoms with Gasteiger partial charge in [-0.3, -0.25) is 4.79 Å². The average Bonchev–Trinajstić information content (AvgIpc) is 2.62. The van der Waals surface area contributed by atoms with Crippen LogP contribution < -0.4 is 0 Å². The number of nitrogens with zero attached hydrogens (tertiary/aromatic N) is 3. The van der Waals surface area contributed by atoms with Crippen LogP contribution in [0.1, 0.15) is 37.4 Å². The summed E-state index contributed by atoms with van der Waals surface area (Å²) in [6.45, 7) is 0.964. The molecule has 5 heteroatoms. The molecular formula is C9H13N3O2. The third-order valence-corrected chi connectivity index (χ3v) is 2.67. The van der Waals surface area contributed by atoms with Gasteiger partial charge in [-0.2, -0.15) is 0 Å². The molecule has 1 N–H and O–H groups in total. The highest BCUT2D eigenvalue weighted by molar-refractivity contribution is 5.66. The first-order valence-electron chi connectivity index (χ1n) is 4.87. The predicted molar refractivity (Wildman–Crippen MR) is 48.9 cm³/mol. The monoisotopic (exact) mass is 195 g/mol. The summed E-state index contributed by atoms with van der Waals surface area (Å²) in [5, 5.41) is 16.5. The number of fused-ring (bicyclic) bond motifs is 1. The normalized spacial score (nSPS) is 20.4. The van der Waals surface area contributed by atoms with Crippen molar-refractivity contribution in [2.75, 3.05) is 0 Å². The Morgan fingerprint density at radius 3 is 3.36 bits per heavy atom. The van der Waals surface area contributed by atoms with Crippen LogP contribution in [0.5, 0.6) is 0 Å². The van der Waals surface area contributed by atoms with Gasteiger partial charge in [0.1, 0.15) is 12.2 Å². The van der Waals surface area contributed by atoms with E-state index in [1.54, 1.807) is 6.33 Å². The summed E-state index contributed by atoms with van der Waals surface area (Å²) in [4.78, 5) is 10.4. The highest BCUT2D eigenvalue weighted by Crippen LogP contribution is 2.28. The van der Waals surface area contributed by atoms with E-state index in [9.17, 15) is 4.79 Å². The van der Waals surface area contributed by atoms with Crippen molar-refractivity contribution >= 4 is 5.97 Å². The van der Waals surface area contributed by atoms with E-state index in [2.05, 4.69) is 10.2 Å². The number of rotatable bonds is 3. The van der Waals surface area contributed by atoms with Gasteiger partial charge in [-0.1, -0.05) is 0 Å². The van der Waals surface area contributed by atoms with Crippen molar-refractivity contribution in [1.29, 1.82) is 0 Å². The highest BCUT2D eigenvalue weighted by Gasteiger charge is 2.22. The lowest BCUT2D eigenvalue weighted by Gasteiger charge is -2.21. The number of hydrogen-bond acceptors (Lipinski definition) is 3. The molecule has 2 rings (SSSR count). The predicted octanol–water partition coefficient (Wildman–Crippen LogP) is 1.02. The summed E-state index contributed by atoms with van der Waals surface area (Å²) in [6, 6.07) is 0. The van der Waals surface area contributed by atoms with Crippen LogP contribution >= 0.6 is 0 Å². The molecule has 0 fully saturated rings. The van der Waals surface area contributed by atoms with Crippen LogP contribution in [-0.2, 0) is 11.3 Å². The van der Waals surface area contributed by atoms with Crippen LogP contribution in [0.4, 0.5) is 0 Å². The van der Waals surface area contributed by atoms with E-state index in [1.807, 2.05) is 4.57 Å². The molecule has 0 spiro atoms. The van der Waals surface area contributed by atoms with E-state index in [4.69, 9.17) is 5.11 Å². The van der Waals surface area contributed by atoms with Gasteiger partial charge in [0.25, 0.3) is 0 Å². The molecule has 14 heavy (non-hydrogen) atoms. The van der Waals surface area contributed by atoms with Crippen molar-refractivity contribution in [3.63, 3.8) is 0 Å². The molecule has 0 saturated heterocycles. The SMILES string of the molecule is O=C(O)CCC1CCCn2cnnc21. The second kappa shape index (κ2) is 3.77. The topological polar surface area (TPSA) is 68.0 Å². The summed E-state index contributed by atoms with van der Waals surface area (Å²) >= 11 is 0. The summed E-state index contributed by atoms with van der Waals surface area (Å²) in [7, 11) is 0. The molecule has 1 atom stereocenters. The molecule has 0 aromatic carbocycles. The highest BCUT2D eigenvalue weighted by atomic mass is 16.4. The van der Waals surface area contributed by atoms with Gasteiger partial charge in [-0.15, -0.1) is 10.2 Å². The van der Waals surface area contributed by atoms with Crippen LogP contribution in [0.25, 0.3) is 0 Å². The first kappa shape index (κ1) is 9.18.